The van der Waals surface area contributed by atoms with Crippen LogP contribution < -0.4 is 14.2 Å². The average molecular weight is 465 g/mol. The number of likely N-dealkylation sites (tertiary alicyclic amines) is 1. The van der Waals surface area contributed by atoms with Gasteiger partial charge in [0.2, 0.25) is 6.79 Å². The molecule has 3 aliphatic rings. The molecule has 3 heterocycles. The van der Waals surface area contributed by atoms with Crippen molar-refractivity contribution < 1.29 is 23.8 Å². The first kappa shape index (κ1) is 22.6. The number of aryl methyl sites for hydroxylation is 1. The Morgan fingerprint density at radius 1 is 0.912 bits per heavy atom. The highest BCUT2D eigenvalue weighted by molar-refractivity contribution is 5.95. The molecule has 2 aromatic rings. The van der Waals surface area contributed by atoms with E-state index in [9.17, 15) is 9.59 Å². The van der Waals surface area contributed by atoms with Crippen LogP contribution in [0, 0.1) is 5.41 Å². The molecule has 0 aliphatic carbocycles. The molecule has 34 heavy (non-hydrogen) atoms. The Morgan fingerprint density at radius 3 is 2.56 bits per heavy atom. The third-order valence-corrected chi connectivity index (χ3v) is 7.46. The van der Waals surface area contributed by atoms with Crippen molar-refractivity contribution in [2.75, 3.05) is 40.1 Å². The van der Waals surface area contributed by atoms with Crippen LogP contribution in [0.4, 0.5) is 0 Å². The van der Waals surface area contributed by atoms with Crippen LogP contribution in [-0.4, -0.2) is 61.7 Å². The van der Waals surface area contributed by atoms with E-state index in [1.165, 1.54) is 0 Å². The molecule has 0 saturated carbocycles. The minimum absolute atomic E-state index is 0.00591. The molecular weight excluding hydrogens is 432 g/mol. The number of nitrogens with zero attached hydrogens (tertiary/aromatic N) is 2. The number of para-hydroxylation sites is 1. The van der Waals surface area contributed by atoms with Gasteiger partial charge in [0.1, 0.15) is 5.75 Å². The minimum atomic E-state index is -0.00591. The summed E-state index contributed by atoms with van der Waals surface area (Å²) >= 11 is 0. The minimum Gasteiger partial charge on any atom is -0.483 e. The van der Waals surface area contributed by atoms with E-state index in [1.807, 2.05) is 35.0 Å². The molecule has 7 heteroatoms. The number of piperidine rings is 1. The van der Waals surface area contributed by atoms with Crippen molar-refractivity contribution in [3.05, 3.63) is 53.6 Å². The lowest BCUT2D eigenvalue weighted by atomic mass is 9.73. The number of amides is 2. The zero-order valence-electron chi connectivity index (χ0n) is 19.8. The Bertz CT molecular complexity index is 1060. The molecule has 0 radical (unpaired) electrons. The van der Waals surface area contributed by atoms with Gasteiger partial charge in [0.15, 0.2) is 18.1 Å². The lowest BCUT2D eigenvalue weighted by Gasteiger charge is -2.44. The topological polar surface area (TPSA) is 68.3 Å². The average Bonchev–Trinajstić information content (AvgIpc) is 3.33. The predicted molar refractivity (Wildman–Crippen MR) is 127 cm³/mol. The number of hydrogen-bond donors (Lipinski definition) is 0. The van der Waals surface area contributed by atoms with Crippen molar-refractivity contribution in [3.8, 4) is 17.2 Å². The van der Waals surface area contributed by atoms with Crippen LogP contribution in [-0.2, 0) is 11.2 Å². The lowest BCUT2D eigenvalue weighted by molar-refractivity contribution is -0.134. The summed E-state index contributed by atoms with van der Waals surface area (Å²) in [7, 11) is 1.87. The van der Waals surface area contributed by atoms with Crippen LogP contribution >= 0.6 is 0 Å². The van der Waals surface area contributed by atoms with Gasteiger partial charge in [-0.3, -0.25) is 9.59 Å². The molecule has 0 atom stereocenters. The zero-order chi connectivity index (χ0) is 23.5. The molecule has 7 nitrogen and oxygen atoms in total. The van der Waals surface area contributed by atoms with E-state index in [4.69, 9.17) is 14.2 Å². The molecule has 1 fully saturated rings. The number of likely N-dealkylation sites (N-methyl/N-ethyl adjacent to an activating group) is 1. The van der Waals surface area contributed by atoms with Crippen LogP contribution in [0.1, 0.15) is 48.0 Å². The summed E-state index contributed by atoms with van der Waals surface area (Å²) < 4.78 is 16.7. The number of ether oxygens (including phenoxy) is 3. The van der Waals surface area contributed by atoms with E-state index < -0.39 is 0 Å². The van der Waals surface area contributed by atoms with E-state index in [0.717, 1.165) is 49.8 Å². The fourth-order valence-electron chi connectivity index (χ4n) is 5.39. The van der Waals surface area contributed by atoms with E-state index in [2.05, 4.69) is 6.07 Å². The van der Waals surface area contributed by atoms with Gasteiger partial charge in [-0.1, -0.05) is 24.6 Å². The molecule has 0 unspecified atom stereocenters. The van der Waals surface area contributed by atoms with Crippen LogP contribution in [0.2, 0.25) is 0 Å². The molecule has 1 saturated heterocycles. The second-order valence-corrected chi connectivity index (χ2v) is 9.71. The number of fused-ring (bicyclic) bond motifs is 2. The van der Waals surface area contributed by atoms with Gasteiger partial charge in [-0.05, 0) is 67.3 Å². The first-order valence-corrected chi connectivity index (χ1v) is 12.2. The molecule has 5 rings (SSSR count). The first-order valence-electron chi connectivity index (χ1n) is 12.2. The largest absolute Gasteiger partial charge is 0.483 e. The maximum absolute atomic E-state index is 13.2. The van der Waals surface area contributed by atoms with Gasteiger partial charge in [-0.15, -0.1) is 0 Å². The quantitative estimate of drug-likeness (QED) is 0.640. The number of rotatable bonds is 1. The number of carbonyl (C=O) groups excluding carboxylic acids is 2. The molecular formula is C27H32N2O5. The number of hydrogen-bond acceptors (Lipinski definition) is 5. The van der Waals surface area contributed by atoms with E-state index in [-0.39, 0.29) is 30.6 Å². The van der Waals surface area contributed by atoms with Crippen LogP contribution in [0.15, 0.2) is 42.5 Å². The fourth-order valence-corrected chi connectivity index (χ4v) is 5.39. The lowest BCUT2D eigenvalue weighted by Crippen LogP contribution is -2.49. The zero-order valence-corrected chi connectivity index (χ0v) is 19.8. The first-order chi connectivity index (χ1) is 16.5. The van der Waals surface area contributed by atoms with Crippen molar-refractivity contribution in [3.63, 3.8) is 0 Å². The Labute approximate surface area is 200 Å². The number of benzene rings is 2. The van der Waals surface area contributed by atoms with E-state index in [0.29, 0.717) is 36.7 Å². The van der Waals surface area contributed by atoms with Gasteiger partial charge in [0.05, 0.1) is 0 Å². The highest BCUT2D eigenvalue weighted by Crippen LogP contribution is 2.39. The summed E-state index contributed by atoms with van der Waals surface area (Å²) in [6.07, 6.45) is 5.95. The summed E-state index contributed by atoms with van der Waals surface area (Å²) in [6.45, 7) is 2.33. The third kappa shape index (κ3) is 4.69. The summed E-state index contributed by atoms with van der Waals surface area (Å²) in [5.74, 6) is 2.14. The summed E-state index contributed by atoms with van der Waals surface area (Å²) in [5, 5.41) is 0. The Morgan fingerprint density at radius 2 is 1.71 bits per heavy atom. The molecule has 2 amide bonds. The second kappa shape index (κ2) is 9.57. The van der Waals surface area contributed by atoms with Gasteiger partial charge in [-0.25, -0.2) is 0 Å². The van der Waals surface area contributed by atoms with Crippen molar-refractivity contribution in [2.24, 2.45) is 5.41 Å². The van der Waals surface area contributed by atoms with Gasteiger partial charge in [0.25, 0.3) is 11.8 Å². The van der Waals surface area contributed by atoms with Gasteiger partial charge < -0.3 is 24.0 Å². The maximum atomic E-state index is 13.2. The molecule has 0 N–H and O–H groups in total. The van der Waals surface area contributed by atoms with Crippen LogP contribution in [0.3, 0.4) is 0 Å². The van der Waals surface area contributed by atoms with Gasteiger partial charge in [0, 0.05) is 32.2 Å². The Kier molecular flexibility index (Phi) is 6.35. The molecule has 0 aromatic heterocycles. The molecule has 2 aromatic carbocycles. The maximum Gasteiger partial charge on any atom is 0.260 e. The monoisotopic (exact) mass is 464 g/mol. The Balaban J connectivity index is 1.26. The normalized spacial score (nSPS) is 20.2. The van der Waals surface area contributed by atoms with Crippen molar-refractivity contribution >= 4 is 11.8 Å². The molecule has 1 spiro atoms. The predicted octanol–water partition coefficient (Wildman–Crippen LogP) is 3.90. The van der Waals surface area contributed by atoms with Crippen molar-refractivity contribution in [1.29, 1.82) is 0 Å². The van der Waals surface area contributed by atoms with E-state index >= 15 is 0 Å². The molecule has 3 aliphatic heterocycles. The number of carbonyl (C=O) groups is 2. The van der Waals surface area contributed by atoms with Gasteiger partial charge in [-0.2, -0.15) is 0 Å². The summed E-state index contributed by atoms with van der Waals surface area (Å²) in [5.41, 5.74) is 1.81. The van der Waals surface area contributed by atoms with Crippen molar-refractivity contribution in [1.82, 2.24) is 9.80 Å². The highest BCUT2D eigenvalue weighted by Gasteiger charge is 2.38. The molecule has 0 bridgehead atoms. The van der Waals surface area contributed by atoms with Crippen molar-refractivity contribution in [2.45, 2.75) is 38.5 Å². The second-order valence-electron chi connectivity index (χ2n) is 9.71. The van der Waals surface area contributed by atoms with Gasteiger partial charge >= 0.3 is 0 Å². The highest BCUT2D eigenvalue weighted by atomic mass is 16.7. The third-order valence-electron chi connectivity index (χ3n) is 7.46. The SMILES string of the molecule is CN1CC2(CCCCc3ccccc3OCC1=O)CCN(C(=O)c1ccc3c(c1)OCO3)CC2. The summed E-state index contributed by atoms with van der Waals surface area (Å²) in [6, 6.07) is 13.4. The van der Waals surface area contributed by atoms with Crippen LogP contribution in [0.25, 0.3) is 0 Å². The summed E-state index contributed by atoms with van der Waals surface area (Å²) in [4.78, 5) is 29.7. The molecule has 180 valence electrons. The van der Waals surface area contributed by atoms with E-state index in [1.54, 1.807) is 18.2 Å². The fraction of sp³-hybridized carbons (Fsp3) is 0.481. The Hall–Kier alpha value is -3.22. The standard InChI is InChI=1S/C27H32N2O5/c1-28-18-27(11-5-4-7-20-6-2-3-8-22(20)32-17-25(28)30)12-14-29(15-13-27)26(31)21-9-10-23-24(16-21)34-19-33-23/h2-3,6,8-10,16H,4-5,7,11-15,17-19H2,1H3. The smallest absolute Gasteiger partial charge is 0.260 e. The van der Waals surface area contributed by atoms with Crippen LogP contribution in [0.5, 0.6) is 17.2 Å².